The van der Waals surface area contributed by atoms with Gasteiger partial charge in [0.2, 0.25) is 15.9 Å². The number of anilines is 1. The lowest BCUT2D eigenvalue weighted by molar-refractivity contribution is -0.118. The van der Waals surface area contributed by atoms with Crippen LogP contribution in [0.15, 0.2) is 78.9 Å². The molecule has 0 aromatic heterocycles. The van der Waals surface area contributed by atoms with Crippen molar-refractivity contribution in [2.24, 2.45) is 0 Å². The van der Waals surface area contributed by atoms with Crippen LogP contribution in [0.1, 0.15) is 22.8 Å². The first-order valence-corrected chi connectivity index (χ1v) is 10.7. The van der Waals surface area contributed by atoms with Gasteiger partial charge in [0, 0.05) is 12.2 Å². The summed E-state index contributed by atoms with van der Waals surface area (Å²) < 4.78 is 31.7. The van der Waals surface area contributed by atoms with Gasteiger partial charge in [0.25, 0.3) is 0 Å². The number of amides is 1. The molecule has 1 saturated heterocycles. The number of hydrogen-bond donors (Lipinski definition) is 2. The van der Waals surface area contributed by atoms with Crippen molar-refractivity contribution >= 4 is 21.6 Å². The summed E-state index contributed by atoms with van der Waals surface area (Å²) in [7, 11) is -3.61. The Kier molecular flexibility index (Phi) is 5.22. The van der Waals surface area contributed by atoms with Crippen molar-refractivity contribution in [2.75, 3.05) is 5.32 Å². The van der Waals surface area contributed by atoms with Crippen LogP contribution in [0.2, 0.25) is 0 Å². The minimum atomic E-state index is -3.61. The van der Waals surface area contributed by atoms with Crippen LogP contribution in [0, 0.1) is 0 Å². The van der Waals surface area contributed by atoms with Crippen LogP contribution in [-0.4, -0.2) is 14.3 Å². The summed E-state index contributed by atoms with van der Waals surface area (Å²) in [5, 5.41) is 2.51. The van der Waals surface area contributed by atoms with Crippen molar-refractivity contribution in [3.63, 3.8) is 0 Å². The molecule has 0 bridgehead atoms. The Balaban J connectivity index is 1.35. The standard InChI is InChI=1S/C22H20N2O4S/c25-22-14-21(29(26,27)24-22)17-8-6-16(7-9-17)15-23-18-10-12-20(13-11-18)28-19-4-2-1-3-5-19/h1-13,21,23H,14-15H2,(H,24,25). The molecule has 148 valence electrons. The highest BCUT2D eigenvalue weighted by Crippen LogP contribution is 2.30. The van der Waals surface area contributed by atoms with Crippen molar-refractivity contribution in [3.8, 4) is 11.5 Å². The third-order valence-electron chi connectivity index (χ3n) is 4.68. The molecule has 1 aliphatic rings. The fraction of sp³-hybridized carbons (Fsp3) is 0.136. The van der Waals surface area contributed by atoms with E-state index >= 15 is 0 Å². The number of carbonyl (C=O) groups is 1. The van der Waals surface area contributed by atoms with Gasteiger partial charge in [0.1, 0.15) is 16.7 Å². The van der Waals surface area contributed by atoms with Gasteiger partial charge in [0.15, 0.2) is 0 Å². The Labute approximate surface area is 169 Å². The van der Waals surface area contributed by atoms with E-state index in [1.54, 1.807) is 12.1 Å². The molecular weight excluding hydrogens is 388 g/mol. The number of sulfonamides is 1. The van der Waals surface area contributed by atoms with E-state index in [4.69, 9.17) is 4.74 Å². The molecule has 2 N–H and O–H groups in total. The number of benzene rings is 3. The Hall–Kier alpha value is -3.32. The van der Waals surface area contributed by atoms with E-state index in [1.807, 2.05) is 71.5 Å². The third-order valence-corrected chi connectivity index (χ3v) is 6.38. The molecule has 1 heterocycles. The minimum absolute atomic E-state index is 0.0304. The van der Waals surface area contributed by atoms with Gasteiger partial charge in [-0.05, 0) is 47.5 Å². The third kappa shape index (κ3) is 4.57. The van der Waals surface area contributed by atoms with Crippen molar-refractivity contribution in [1.29, 1.82) is 0 Å². The fourth-order valence-corrected chi connectivity index (χ4v) is 4.60. The summed E-state index contributed by atoms with van der Waals surface area (Å²) in [6.07, 6.45) is -0.0304. The van der Waals surface area contributed by atoms with Gasteiger partial charge in [-0.15, -0.1) is 0 Å². The molecule has 0 saturated carbocycles. The molecule has 29 heavy (non-hydrogen) atoms. The number of hydrogen-bond acceptors (Lipinski definition) is 5. The van der Waals surface area contributed by atoms with E-state index in [0.29, 0.717) is 12.1 Å². The van der Waals surface area contributed by atoms with Gasteiger partial charge >= 0.3 is 0 Å². The number of para-hydroxylation sites is 1. The van der Waals surface area contributed by atoms with Crippen LogP contribution in [0.25, 0.3) is 0 Å². The first kappa shape index (κ1) is 19.0. The minimum Gasteiger partial charge on any atom is -0.457 e. The SMILES string of the molecule is O=C1CC(c2ccc(CNc3ccc(Oc4ccccc4)cc3)cc2)S(=O)(=O)N1. The first-order valence-electron chi connectivity index (χ1n) is 9.20. The molecule has 0 spiro atoms. The van der Waals surface area contributed by atoms with Crippen LogP contribution in [0.3, 0.4) is 0 Å². The van der Waals surface area contributed by atoms with E-state index < -0.39 is 21.2 Å². The summed E-state index contributed by atoms with van der Waals surface area (Å²) in [5.41, 5.74) is 2.57. The molecule has 1 amide bonds. The molecular formula is C22H20N2O4S. The Morgan fingerprint density at radius 2 is 1.55 bits per heavy atom. The quantitative estimate of drug-likeness (QED) is 0.644. The lowest BCUT2D eigenvalue weighted by Gasteiger charge is -2.11. The zero-order chi connectivity index (χ0) is 20.3. The lowest BCUT2D eigenvalue weighted by atomic mass is 10.1. The van der Waals surface area contributed by atoms with Crippen molar-refractivity contribution in [2.45, 2.75) is 18.2 Å². The zero-order valence-corrected chi connectivity index (χ0v) is 16.4. The normalized spacial score (nSPS) is 17.5. The van der Waals surface area contributed by atoms with E-state index in [9.17, 15) is 13.2 Å². The molecule has 6 nitrogen and oxygen atoms in total. The second-order valence-electron chi connectivity index (χ2n) is 6.80. The largest absolute Gasteiger partial charge is 0.457 e. The molecule has 7 heteroatoms. The number of rotatable bonds is 6. The monoisotopic (exact) mass is 408 g/mol. The summed E-state index contributed by atoms with van der Waals surface area (Å²) in [5.74, 6) is 1.09. The maximum atomic E-state index is 12.0. The molecule has 1 fully saturated rings. The molecule has 1 atom stereocenters. The van der Waals surface area contributed by atoms with Crippen LogP contribution in [0.4, 0.5) is 5.69 Å². The van der Waals surface area contributed by atoms with Gasteiger partial charge in [-0.1, -0.05) is 42.5 Å². The van der Waals surface area contributed by atoms with Gasteiger partial charge in [-0.3, -0.25) is 9.52 Å². The molecule has 3 aromatic rings. The summed E-state index contributed by atoms with van der Waals surface area (Å²) in [6.45, 7) is 0.591. The molecule has 4 rings (SSSR count). The van der Waals surface area contributed by atoms with E-state index in [-0.39, 0.29) is 6.42 Å². The van der Waals surface area contributed by atoms with Crippen LogP contribution < -0.4 is 14.8 Å². The predicted octanol–water partition coefficient (Wildman–Crippen LogP) is 3.98. The Bertz CT molecular complexity index is 1100. The molecule has 0 aliphatic carbocycles. The predicted molar refractivity (Wildman–Crippen MR) is 111 cm³/mol. The van der Waals surface area contributed by atoms with Crippen molar-refractivity contribution in [1.82, 2.24) is 4.72 Å². The number of carbonyl (C=O) groups excluding carboxylic acids is 1. The van der Waals surface area contributed by atoms with Crippen LogP contribution in [0.5, 0.6) is 11.5 Å². The molecule has 1 unspecified atom stereocenters. The fourth-order valence-electron chi connectivity index (χ4n) is 3.17. The number of ether oxygens (including phenoxy) is 1. The molecule has 1 aliphatic heterocycles. The van der Waals surface area contributed by atoms with Crippen molar-refractivity contribution < 1.29 is 17.9 Å². The van der Waals surface area contributed by atoms with Gasteiger partial charge in [-0.25, -0.2) is 8.42 Å². The van der Waals surface area contributed by atoms with Gasteiger partial charge in [0.05, 0.1) is 6.42 Å². The van der Waals surface area contributed by atoms with Crippen LogP contribution in [-0.2, 0) is 21.4 Å². The van der Waals surface area contributed by atoms with E-state index in [2.05, 4.69) is 5.32 Å². The summed E-state index contributed by atoms with van der Waals surface area (Å²) >= 11 is 0. The zero-order valence-electron chi connectivity index (χ0n) is 15.5. The molecule has 3 aromatic carbocycles. The summed E-state index contributed by atoms with van der Waals surface area (Å²) in [6, 6.07) is 24.5. The van der Waals surface area contributed by atoms with Gasteiger partial charge in [-0.2, -0.15) is 0 Å². The Morgan fingerprint density at radius 3 is 2.17 bits per heavy atom. The average Bonchev–Trinajstić information content (AvgIpc) is 3.00. The average molecular weight is 408 g/mol. The highest BCUT2D eigenvalue weighted by Gasteiger charge is 2.37. The number of nitrogens with one attached hydrogen (secondary N) is 2. The maximum Gasteiger partial charge on any atom is 0.242 e. The first-order chi connectivity index (χ1) is 14.0. The van der Waals surface area contributed by atoms with E-state index in [1.165, 1.54) is 0 Å². The van der Waals surface area contributed by atoms with E-state index in [0.717, 1.165) is 22.7 Å². The topological polar surface area (TPSA) is 84.5 Å². The second-order valence-corrected chi connectivity index (χ2v) is 8.66. The summed E-state index contributed by atoms with van der Waals surface area (Å²) in [4.78, 5) is 11.4. The lowest BCUT2D eigenvalue weighted by Crippen LogP contribution is -2.21. The highest BCUT2D eigenvalue weighted by atomic mass is 32.2. The van der Waals surface area contributed by atoms with Crippen molar-refractivity contribution in [3.05, 3.63) is 90.0 Å². The smallest absolute Gasteiger partial charge is 0.242 e. The maximum absolute atomic E-state index is 12.0. The van der Waals surface area contributed by atoms with Gasteiger partial charge < -0.3 is 10.1 Å². The highest BCUT2D eigenvalue weighted by molar-refractivity contribution is 7.90. The second kappa shape index (κ2) is 7.97. The molecule has 0 radical (unpaired) electrons. The van der Waals surface area contributed by atoms with Crippen LogP contribution >= 0.6 is 0 Å². The Morgan fingerprint density at radius 1 is 0.897 bits per heavy atom.